The second kappa shape index (κ2) is 8.92. The summed E-state index contributed by atoms with van der Waals surface area (Å²) in [6.07, 6.45) is 2.46. The van der Waals surface area contributed by atoms with Crippen LogP contribution in [0.2, 0.25) is 0 Å². The summed E-state index contributed by atoms with van der Waals surface area (Å²) in [5.41, 5.74) is 8.65. The minimum Gasteiger partial charge on any atom is -0.370 e. The number of hydrogen-bond acceptors (Lipinski definition) is 2. The highest BCUT2D eigenvalue weighted by Crippen LogP contribution is 2.18. The number of hydrogen-bond donors (Lipinski definition) is 2. The van der Waals surface area contributed by atoms with Crippen LogP contribution >= 0.6 is 0 Å². The molecule has 4 heteroatoms. The lowest BCUT2D eigenvalue weighted by Gasteiger charge is -2.32. The Labute approximate surface area is 141 Å². The van der Waals surface area contributed by atoms with Gasteiger partial charge in [0.2, 0.25) is 0 Å². The molecule has 3 N–H and O–H groups in total. The second-order valence-corrected chi connectivity index (χ2v) is 7.21. The molecule has 0 aromatic heterocycles. The van der Waals surface area contributed by atoms with Crippen molar-refractivity contribution in [1.29, 1.82) is 0 Å². The number of piperidine rings is 1. The zero-order chi connectivity index (χ0) is 16.7. The summed E-state index contributed by atoms with van der Waals surface area (Å²) in [7, 11) is 0. The zero-order valence-corrected chi connectivity index (χ0v) is 14.9. The Morgan fingerprint density at radius 2 is 1.91 bits per heavy atom. The largest absolute Gasteiger partial charge is 0.370 e. The fraction of sp³-hybridized carbons (Fsp3) is 0.632. The predicted octanol–water partition coefficient (Wildman–Crippen LogP) is 2.77. The van der Waals surface area contributed by atoms with Crippen molar-refractivity contribution in [2.75, 3.05) is 26.2 Å². The predicted molar refractivity (Wildman–Crippen MR) is 98.5 cm³/mol. The van der Waals surface area contributed by atoms with Gasteiger partial charge in [-0.15, -0.1) is 0 Å². The Bertz CT molecular complexity index is 485. The molecule has 1 aromatic rings. The van der Waals surface area contributed by atoms with E-state index in [4.69, 9.17) is 5.73 Å². The van der Waals surface area contributed by atoms with Crippen molar-refractivity contribution in [2.24, 2.45) is 22.6 Å². The lowest BCUT2D eigenvalue weighted by Crippen LogP contribution is -2.40. The molecule has 4 nitrogen and oxygen atoms in total. The number of likely N-dealkylation sites (tertiary alicyclic amines) is 1. The van der Waals surface area contributed by atoms with E-state index in [0.717, 1.165) is 19.6 Å². The standard InChI is InChI=1S/C19H32N4/c1-15(2)12-21-19(20)22-13-17-8-10-23(11-9-17)14-18-6-4-16(3)5-7-18/h4-7,15,17H,8-14H2,1-3H3,(H3,20,21,22). The highest BCUT2D eigenvalue weighted by molar-refractivity contribution is 5.77. The molecule has 1 aliphatic heterocycles. The Hall–Kier alpha value is -1.55. The molecule has 23 heavy (non-hydrogen) atoms. The molecule has 1 aromatic carbocycles. The van der Waals surface area contributed by atoms with E-state index in [1.807, 2.05) is 0 Å². The lowest BCUT2D eigenvalue weighted by atomic mass is 9.96. The maximum atomic E-state index is 5.91. The molecule has 0 atom stereocenters. The molecule has 1 heterocycles. The normalized spacial score (nSPS) is 17.7. The third-order valence-corrected chi connectivity index (χ3v) is 4.43. The molecular formula is C19H32N4. The van der Waals surface area contributed by atoms with E-state index in [1.54, 1.807) is 0 Å². The summed E-state index contributed by atoms with van der Waals surface area (Å²) < 4.78 is 0. The van der Waals surface area contributed by atoms with Gasteiger partial charge in [0.05, 0.1) is 0 Å². The molecule has 0 spiro atoms. The first-order chi connectivity index (χ1) is 11.0. The molecule has 0 aliphatic carbocycles. The van der Waals surface area contributed by atoms with E-state index in [1.165, 1.54) is 37.1 Å². The lowest BCUT2D eigenvalue weighted by molar-refractivity contribution is 0.178. The molecule has 0 saturated carbocycles. The van der Waals surface area contributed by atoms with Gasteiger partial charge in [-0.2, -0.15) is 0 Å². The second-order valence-electron chi connectivity index (χ2n) is 7.21. The van der Waals surface area contributed by atoms with Crippen molar-refractivity contribution >= 4 is 5.96 Å². The third kappa shape index (κ3) is 6.61. The minimum absolute atomic E-state index is 0.556. The van der Waals surface area contributed by atoms with Crippen LogP contribution in [0.15, 0.2) is 29.3 Å². The molecule has 0 unspecified atom stereocenters. The quantitative estimate of drug-likeness (QED) is 0.627. The zero-order valence-electron chi connectivity index (χ0n) is 14.9. The van der Waals surface area contributed by atoms with Crippen LogP contribution in [0.3, 0.4) is 0 Å². The van der Waals surface area contributed by atoms with Gasteiger partial charge in [-0.25, -0.2) is 0 Å². The van der Waals surface area contributed by atoms with E-state index >= 15 is 0 Å². The van der Waals surface area contributed by atoms with Crippen molar-refractivity contribution in [3.05, 3.63) is 35.4 Å². The topological polar surface area (TPSA) is 53.6 Å². The first kappa shape index (κ1) is 17.8. The van der Waals surface area contributed by atoms with E-state index in [9.17, 15) is 0 Å². The highest BCUT2D eigenvalue weighted by Gasteiger charge is 2.19. The number of nitrogens with one attached hydrogen (secondary N) is 1. The smallest absolute Gasteiger partial charge is 0.188 e. The van der Waals surface area contributed by atoms with Gasteiger partial charge in [-0.3, -0.25) is 9.89 Å². The number of rotatable bonds is 6. The number of aryl methyl sites for hydroxylation is 1. The number of guanidine groups is 1. The Morgan fingerprint density at radius 1 is 1.26 bits per heavy atom. The van der Waals surface area contributed by atoms with Crippen LogP contribution in [-0.2, 0) is 6.54 Å². The van der Waals surface area contributed by atoms with Crippen LogP contribution in [0.1, 0.15) is 37.8 Å². The molecule has 0 radical (unpaired) electrons. The number of aliphatic imine (C=N–C) groups is 1. The third-order valence-electron chi connectivity index (χ3n) is 4.43. The van der Waals surface area contributed by atoms with Gasteiger partial charge >= 0.3 is 0 Å². The molecule has 0 bridgehead atoms. The van der Waals surface area contributed by atoms with Crippen molar-refractivity contribution < 1.29 is 0 Å². The Kier molecular flexibility index (Phi) is 6.90. The summed E-state index contributed by atoms with van der Waals surface area (Å²) in [5, 5.41) is 3.29. The van der Waals surface area contributed by atoms with Gasteiger partial charge in [-0.1, -0.05) is 43.7 Å². The van der Waals surface area contributed by atoms with Gasteiger partial charge < -0.3 is 11.1 Å². The van der Waals surface area contributed by atoms with Gasteiger partial charge in [0.15, 0.2) is 5.96 Å². The van der Waals surface area contributed by atoms with Crippen LogP contribution in [0.5, 0.6) is 0 Å². The monoisotopic (exact) mass is 316 g/mol. The number of nitrogens with zero attached hydrogens (tertiary/aromatic N) is 2. The van der Waals surface area contributed by atoms with Crippen LogP contribution in [-0.4, -0.2) is 37.0 Å². The maximum absolute atomic E-state index is 5.91. The SMILES string of the molecule is Cc1ccc(CN2CCC(CNC(N)=NCC(C)C)CC2)cc1. The van der Waals surface area contributed by atoms with Crippen LogP contribution in [0.25, 0.3) is 0 Å². The first-order valence-corrected chi connectivity index (χ1v) is 8.84. The van der Waals surface area contributed by atoms with Crippen molar-refractivity contribution in [2.45, 2.75) is 40.2 Å². The average Bonchev–Trinajstić information content (AvgIpc) is 2.54. The van der Waals surface area contributed by atoms with Crippen LogP contribution in [0, 0.1) is 18.8 Å². The average molecular weight is 316 g/mol. The molecule has 1 saturated heterocycles. The molecular weight excluding hydrogens is 284 g/mol. The maximum Gasteiger partial charge on any atom is 0.188 e. The summed E-state index contributed by atoms with van der Waals surface area (Å²) in [6.45, 7) is 11.6. The summed E-state index contributed by atoms with van der Waals surface area (Å²) in [5.74, 6) is 1.86. The fourth-order valence-electron chi connectivity index (χ4n) is 2.89. The molecule has 1 fully saturated rings. The van der Waals surface area contributed by atoms with E-state index in [2.05, 4.69) is 60.2 Å². The van der Waals surface area contributed by atoms with Crippen LogP contribution in [0.4, 0.5) is 0 Å². The Morgan fingerprint density at radius 3 is 2.52 bits per heavy atom. The first-order valence-electron chi connectivity index (χ1n) is 8.84. The van der Waals surface area contributed by atoms with Gasteiger partial charge in [-0.05, 0) is 50.3 Å². The highest BCUT2D eigenvalue weighted by atomic mass is 15.1. The molecule has 1 aliphatic rings. The van der Waals surface area contributed by atoms with Crippen molar-refractivity contribution in [1.82, 2.24) is 10.2 Å². The fourth-order valence-corrected chi connectivity index (χ4v) is 2.89. The van der Waals surface area contributed by atoms with Crippen molar-refractivity contribution in [3.63, 3.8) is 0 Å². The Balaban J connectivity index is 1.67. The van der Waals surface area contributed by atoms with Gasteiger partial charge in [0.1, 0.15) is 0 Å². The molecule has 128 valence electrons. The van der Waals surface area contributed by atoms with Gasteiger partial charge in [0, 0.05) is 19.6 Å². The van der Waals surface area contributed by atoms with Crippen molar-refractivity contribution in [3.8, 4) is 0 Å². The summed E-state index contributed by atoms with van der Waals surface area (Å²) >= 11 is 0. The van der Waals surface area contributed by atoms with E-state index in [-0.39, 0.29) is 0 Å². The summed E-state index contributed by atoms with van der Waals surface area (Å²) in [4.78, 5) is 6.91. The summed E-state index contributed by atoms with van der Waals surface area (Å²) in [6, 6.07) is 8.89. The number of nitrogens with two attached hydrogens (primary N) is 1. The molecule has 0 amide bonds. The molecule has 2 rings (SSSR count). The van der Waals surface area contributed by atoms with E-state index < -0.39 is 0 Å². The van der Waals surface area contributed by atoms with Crippen LogP contribution < -0.4 is 11.1 Å². The minimum atomic E-state index is 0.556. The van der Waals surface area contributed by atoms with Gasteiger partial charge in [0.25, 0.3) is 0 Å². The van der Waals surface area contributed by atoms with E-state index in [0.29, 0.717) is 17.8 Å². The number of benzene rings is 1.